The predicted octanol–water partition coefficient (Wildman–Crippen LogP) is 3.18. The van der Waals surface area contributed by atoms with Crippen LogP contribution in [-0.2, 0) is 16.1 Å². The zero-order valence-corrected chi connectivity index (χ0v) is 20.5. The number of methoxy groups -OCH3 is 2. The van der Waals surface area contributed by atoms with Crippen molar-refractivity contribution in [2.75, 3.05) is 34.0 Å². The highest BCUT2D eigenvalue weighted by atomic mass is 16.6. The molecule has 3 aromatic rings. The van der Waals surface area contributed by atoms with Gasteiger partial charge in [0.2, 0.25) is 0 Å². The number of benzene rings is 2. The van der Waals surface area contributed by atoms with Crippen LogP contribution in [0, 0.1) is 0 Å². The minimum atomic E-state index is -0.864. The molecule has 3 heterocycles. The lowest BCUT2D eigenvalue weighted by Crippen LogP contribution is -2.31. The minimum Gasteiger partial charge on any atom is -0.507 e. The third-order valence-electron chi connectivity index (χ3n) is 6.47. The third-order valence-corrected chi connectivity index (χ3v) is 6.47. The smallest absolute Gasteiger partial charge is 0.295 e. The van der Waals surface area contributed by atoms with Gasteiger partial charge in [0, 0.05) is 42.7 Å². The molecule has 2 aliphatic rings. The number of aliphatic hydroxyl groups is 1. The molecule has 1 aromatic heterocycles. The molecule has 1 N–H and O–H groups in total. The summed E-state index contributed by atoms with van der Waals surface area (Å²) in [6, 6.07) is 9.22. The molecule has 2 aromatic carbocycles. The summed E-state index contributed by atoms with van der Waals surface area (Å²) in [6.45, 7) is 1.69. The summed E-state index contributed by atoms with van der Waals surface area (Å²) in [5.74, 6) is 0.254. The Bertz CT molecular complexity index is 1350. The summed E-state index contributed by atoms with van der Waals surface area (Å²) in [5.41, 5.74) is 0.884. The Morgan fingerprint density at radius 2 is 1.86 bits per heavy atom. The molecule has 1 saturated heterocycles. The van der Waals surface area contributed by atoms with E-state index in [0.717, 1.165) is 0 Å². The van der Waals surface area contributed by atoms with Gasteiger partial charge >= 0.3 is 0 Å². The van der Waals surface area contributed by atoms with Gasteiger partial charge in [-0.25, -0.2) is 4.98 Å². The Morgan fingerprint density at radius 1 is 1.05 bits per heavy atom. The van der Waals surface area contributed by atoms with Crippen molar-refractivity contribution in [2.45, 2.75) is 19.0 Å². The number of rotatable bonds is 8. The van der Waals surface area contributed by atoms with E-state index in [-0.39, 0.29) is 17.9 Å². The number of amides is 1. The number of likely N-dealkylation sites (tertiary alicyclic amines) is 1. The Hall–Kier alpha value is -4.47. The number of aliphatic hydroxyl groups excluding tert-OH is 1. The molecule has 0 spiro atoms. The van der Waals surface area contributed by atoms with Gasteiger partial charge in [-0.2, -0.15) is 0 Å². The molecule has 0 unspecified atom stereocenters. The van der Waals surface area contributed by atoms with E-state index in [1.165, 1.54) is 12.0 Å². The monoisotopic (exact) mass is 505 g/mol. The van der Waals surface area contributed by atoms with Crippen LogP contribution in [0.25, 0.3) is 5.76 Å². The number of Topliss-reactive ketones (excluding diaryl/α,β-unsaturated/α-hetero) is 1. The summed E-state index contributed by atoms with van der Waals surface area (Å²) in [7, 11) is 3.04. The van der Waals surface area contributed by atoms with E-state index in [4.69, 9.17) is 18.9 Å². The molecular formula is C27H27N3O7. The number of aryl methyl sites for hydroxylation is 1. The van der Waals surface area contributed by atoms with Crippen LogP contribution in [0.5, 0.6) is 23.0 Å². The van der Waals surface area contributed by atoms with Crippen LogP contribution in [0.3, 0.4) is 0 Å². The largest absolute Gasteiger partial charge is 0.507 e. The van der Waals surface area contributed by atoms with E-state index >= 15 is 0 Å². The number of carbonyl (C=O) groups is 2. The summed E-state index contributed by atoms with van der Waals surface area (Å²) in [4.78, 5) is 32.2. The lowest BCUT2D eigenvalue weighted by Gasteiger charge is -2.27. The van der Waals surface area contributed by atoms with Crippen LogP contribution in [0.4, 0.5) is 0 Å². The number of fused-ring (bicyclic) bond motifs is 1. The fourth-order valence-electron chi connectivity index (χ4n) is 4.67. The van der Waals surface area contributed by atoms with E-state index in [1.54, 1.807) is 56.0 Å². The van der Waals surface area contributed by atoms with Gasteiger partial charge in [0.25, 0.3) is 11.7 Å². The topological polar surface area (TPSA) is 112 Å². The molecule has 2 aliphatic heterocycles. The van der Waals surface area contributed by atoms with Gasteiger partial charge in [-0.1, -0.05) is 0 Å². The standard InChI is InChI=1S/C27H27N3O7/c1-34-18-5-6-19(21(15-18)35-2)24-23(25(31)17-4-7-20-22(14-17)37-13-12-36-20)26(32)27(33)30(24)10-3-9-29-11-8-28-16-29/h4-8,11,14-16,24,31H,3,9-10,12-13H2,1-2H3/b25-23+/t24-/m1/s1. The van der Waals surface area contributed by atoms with Crippen molar-refractivity contribution in [3.8, 4) is 23.0 Å². The van der Waals surface area contributed by atoms with Gasteiger partial charge in [0.1, 0.15) is 30.5 Å². The van der Waals surface area contributed by atoms with E-state index in [0.29, 0.717) is 60.3 Å². The molecule has 1 fully saturated rings. The molecule has 192 valence electrons. The Kier molecular flexibility index (Phi) is 6.72. The number of aromatic nitrogens is 2. The number of carbonyl (C=O) groups excluding carboxylic acids is 2. The van der Waals surface area contributed by atoms with Gasteiger partial charge in [-0.3, -0.25) is 9.59 Å². The maximum absolute atomic E-state index is 13.4. The molecule has 1 amide bonds. The molecule has 37 heavy (non-hydrogen) atoms. The van der Waals surface area contributed by atoms with Crippen LogP contribution in [0.15, 0.2) is 60.7 Å². The first-order valence-corrected chi connectivity index (χ1v) is 11.9. The number of imidazole rings is 1. The van der Waals surface area contributed by atoms with Crippen LogP contribution in [0.1, 0.15) is 23.6 Å². The first kappa shape index (κ1) is 24.2. The maximum atomic E-state index is 13.4. The highest BCUT2D eigenvalue weighted by molar-refractivity contribution is 6.46. The van der Waals surface area contributed by atoms with Gasteiger partial charge in [-0.15, -0.1) is 0 Å². The SMILES string of the molecule is COc1ccc([C@@H]2/C(=C(\O)c3ccc4c(c3)OCCO4)C(=O)C(=O)N2CCCn2ccnc2)c(OC)c1. The molecule has 10 heteroatoms. The highest BCUT2D eigenvalue weighted by Gasteiger charge is 2.47. The Balaban J connectivity index is 1.58. The van der Waals surface area contributed by atoms with Gasteiger partial charge < -0.3 is 33.5 Å². The first-order valence-electron chi connectivity index (χ1n) is 11.9. The maximum Gasteiger partial charge on any atom is 0.295 e. The normalized spacial score (nSPS) is 18.2. The molecule has 5 rings (SSSR count). The average Bonchev–Trinajstić information content (AvgIpc) is 3.54. The fourth-order valence-corrected chi connectivity index (χ4v) is 4.67. The van der Waals surface area contributed by atoms with E-state index in [2.05, 4.69) is 4.98 Å². The summed E-state index contributed by atoms with van der Waals surface area (Å²) in [5, 5.41) is 11.4. The number of hydrogen-bond donors (Lipinski definition) is 1. The lowest BCUT2D eigenvalue weighted by atomic mass is 9.94. The summed E-state index contributed by atoms with van der Waals surface area (Å²) < 4.78 is 24.0. The molecule has 0 aliphatic carbocycles. The van der Waals surface area contributed by atoms with Crippen molar-refractivity contribution in [1.82, 2.24) is 14.5 Å². The zero-order chi connectivity index (χ0) is 25.9. The highest BCUT2D eigenvalue weighted by Crippen LogP contribution is 2.44. The molecule has 10 nitrogen and oxygen atoms in total. The number of nitrogens with zero attached hydrogens (tertiary/aromatic N) is 3. The Morgan fingerprint density at radius 3 is 2.59 bits per heavy atom. The van der Waals surface area contributed by atoms with Crippen molar-refractivity contribution in [2.24, 2.45) is 0 Å². The molecule has 0 saturated carbocycles. The second-order valence-electron chi connectivity index (χ2n) is 8.61. The van der Waals surface area contributed by atoms with Gasteiger partial charge in [0.05, 0.1) is 32.2 Å². The van der Waals surface area contributed by atoms with Crippen LogP contribution in [-0.4, -0.2) is 65.2 Å². The van der Waals surface area contributed by atoms with E-state index in [9.17, 15) is 14.7 Å². The quantitative estimate of drug-likeness (QED) is 0.282. The van der Waals surface area contributed by atoms with Crippen molar-refractivity contribution in [3.63, 3.8) is 0 Å². The van der Waals surface area contributed by atoms with Crippen molar-refractivity contribution in [3.05, 3.63) is 71.8 Å². The van der Waals surface area contributed by atoms with E-state index in [1.807, 2.05) is 10.8 Å². The average molecular weight is 506 g/mol. The molecule has 0 bridgehead atoms. The molecular weight excluding hydrogens is 478 g/mol. The first-order chi connectivity index (χ1) is 18.0. The number of ether oxygens (including phenoxy) is 4. The Labute approximate surface area is 213 Å². The molecule has 0 radical (unpaired) electrons. The lowest BCUT2D eigenvalue weighted by molar-refractivity contribution is -0.140. The van der Waals surface area contributed by atoms with Gasteiger partial charge in [0.15, 0.2) is 11.5 Å². The second kappa shape index (κ2) is 10.3. The zero-order valence-electron chi connectivity index (χ0n) is 20.5. The van der Waals surface area contributed by atoms with Crippen molar-refractivity contribution < 1.29 is 33.6 Å². The van der Waals surface area contributed by atoms with Crippen molar-refractivity contribution in [1.29, 1.82) is 0 Å². The summed E-state index contributed by atoms with van der Waals surface area (Å²) in [6.07, 6.45) is 5.78. The predicted molar refractivity (Wildman–Crippen MR) is 133 cm³/mol. The number of hydrogen-bond acceptors (Lipinski definition) is 8. The van der Waals surface area contributed by atoms with Crippen molar-refractivity contribution >= 4 is 17.4 Å². The van der Waals surface area contributed by atoms with Crippen LogP contribution >= 0.6 is 0 Å². The number of ketones is 1. The van der Waals surface area contributed by atoms with Crippen LogP contribution in [0.2, 0.25) is 0 Å². The van der Waals surface area contributed by atoms with Gasteiger partial charge in [-0.05, 0) is 36.8 Å². The van der Waals surface area contributed by atoms with E-state index < -0.39 is 17.7 Å². The second-order valence-corrected chi connectivity index (χ2v) is 8.61. The fraction of sp³-hybridized carbons (Fsp3) is 0.296. The van der Waals surface area contributed by atoms with Crippen LogP contribution < -0.4 is 18.9 Å². The molecule has 1 atom stereocenters. The summed E-state index contributed by atoms with van der Waals surface area (Å²) >= 11 is 0. The third kappa shape index (κ3) is 4.57. The minimum absolute atomic E-state index is 0.0206.